The molecule has 1 aromatic carbocycles. The molecular formula is C11H10N2O2. The van der Waals surface area contributed by atoms with Gasteiger partial charge in [0, 0.05) is 12.4 Å². The van der Waals surface area contributed by atoms with Crippen LogP contribution in [0.15, 0.2) is 48.8 Å². The number of hydrogen-bond acceptors (Lipinski definition) is 2. The Kier molecular flexibility index (Phi) is 2.69. The van der Waals surface area contributed by atoms with Gasteiger partial charge in [-0.05, 0) is 18.2 Å². The first-order valence-corrected chi connectivity index (χ1v) is 4.51. The van der Waals surface area contributed by atoms with Crippen LogP contribution in [0.1, 0.15) is 0 Å². The van der Waals surface area contributed by atoms with Crippen molar-refractivity contribution in [1.29, 1.82) is 0 Å². The molecule has 76 valence electrons. The van der Waals surface area contributed by atoms with Crippen molar-refractivity contribution >= 4 is 11.8 Å². The van der Waals surface area contributed by atoms with E-state index in [-0.39, 0.29) is 0 Å². The molecule has 1 aromatic heterocycles. The highest BCUT2D eigenvalue weighted by molar-refractivity contribution is 5.86. The van der Waals surface area contributed by atoms with Crippen molar-refractivity contribution < 1.29 is 9.53 Å². The Morgan fingerprint density at radius 3 is 2.67 bits per heavy atom. The van der Waals surface area contributed by atoms with Crippen molar-refractivity contribution in [3.8, 4) is 5.75 Å². The number of para-hydroxylation sites is 1. The Hall–Kier alpha value is -2.23. The van der Waals surface area contributed by atoms with Gasteiger partial charge in [0.1, 0.15) is 5.75 Å². The molecule has 0 saturated heterocycles. The van der Waals surface area contributed by atoms with E-state index >= 15 is 0 Å². The highest BCUT2D eigenvalue weighted by Crippen LogP contribution is 2.10. The maximum atomic E-state index is 11.3. The minimum Gasteiger partial charge on any atom is -0.410 e. The smallest absolute Gasteiger partial charge is 0.410 e. The number of anilines is 1. The van der Waals surface area contributed by atoms with E-state index < -0.39 is 6.09 Å². The van der Waals surface area contributed by atoms with Crippen molar-refractivity contribution in [2.24, 2.45) is 0 Å². The van der Waals surface area contributed by atoms with E-state index in [0.717, 1.165) is 0 Å². The van der Waals surface area contributed by atoms with E-state index in [2.05, 4.69) is 10.3 Å². The number of amides is 1. The third-order valence-electron chi connectivity index (χ3n) is 1.80. The third-order valence-corrected chi connectivity index (χ3v) is 1.80. The Balaban J connectivity index is 1.94. The second-order valence-electron chi connectivity index (χ2n) is 2.93. The zero-order valence-corrected chi connectivity index (χ0v) is 7.94. The summed E-state index contributed by atoms with van der Waals surface area (Å²) in [7, 11) is 0. The highest BCUT2D eigenvalue weighted by Gasteiger charge is 2.03. The van der Waals surface area contributed by atoms with E-state index in [1.54, 1.807) is 42.7 Å². The minimum atomic E-state index is -0.499. The Morgan fingerprint density at radius 2 is 2.00 bits per heavy atom. The second kappa shape index (κ2) is 4.32. The van der Waals surface area contributed by atoms with Crippen molar-refractivity contribution in [1.82, 2.24) is 4.98 Å². The summed E-state index contributed by atoms with van der Waals surface area (Å²) in [6.07, 6.45) is 2.89. The molecule has 15 heavy (non-hydrogen) atoms. The van der Waals surface area contributed by atoms with Crippen molar-refractivity contribution in [3.05, 3.63) is 48.8 Å². The van der Waals surface area contributed by atoms with Crippen LogP contribution in [0, 0.1) is 0 Å². The zero-order chi connectivity index (χ0) is 10.5. The summed E-state index contributed by atoms with van der Waals surface area (Å²) in [6, 6.07) is 10.6. The van der Waals surface area contributed by atoms with Crippen molar-refractivity contribution in [3.63, 3.8) is 0 Å². The SMILES string of the molecule is O=C(Nc1cc[nH]c1)Oc1ccccc1. The fourth-order valence-corrected chi connectivity index (χ4v) is 1.14. The van der Waals surface area contributed by atoms with Gasteiger partial charge in [-0.25, -0.2) is 4.79 Å². The average molecular weight is 202 g/mol. The van der Waals surface area contributed by atoms with Crippen LogP contribution in [0.4, 0.5) is 10.5 Å². The number of ether oxygens (including phenoxy) is 1. The topological polar surface area (TPSA) is 54.1 Å². The number of aromatic nitrogens is 1. The molecule has 4 heteroatoms. The van der Waals surface area contributed by atoms with Gasteiger partial charge in [0.25, 0.3) is 0 Å². The highest BCUT2D eigenvalue weighted by atomic mass is 16.6. The molecular weight excluding hydrogens is 192 g/mol. The Bertz CT molecular complexity index is 423. The van der Waals surface area contributed by atoms with E-state index in [1.807, 2.05) is 6.07 Å². The third kappa shape index (κ3) is 2.60. The maximum Gasteiger partial charge on any atom is 0.417 e. The molecule has 2 N–H and O–H groups in total. The molecule has 0 radical (unpaired) electrons. The monoisotopic (exact) mass is 202 g/mol. The van der Waals surface area contributed by atoms with Gasteiger partial charge >= 0.3 is 6.09 Å². The van der Waals surface area contributed by atoms with Gasteiger partial charge < -0.3 is 9.72 Å². The number of hydrogen-bond donors (Lipinski definition) is 2. The number of aromatic amines is 1. The van der Waals surface area contributed by atoms with Gasteiger partial charge in [0.2, 0.25) is 0 Å². The lowest BCUT2D eigenvalue weighted by molar-refractivity contribution is 0.215. The van der Waals surface area contributed by atoms with E-state index in [1.165, 1.54) is 0 Å². The van der Waals surface area contributed by atoms with Crippen LogP contribution >= 0.6 is 0 Å². The predicted octanol–water partition coefficient (Wildman–Crippen LogP) is 2.63. The van der Waals surface area contributed by atoms with Gasteiger partial charge in [-0.1, -0.05) is 18.2 Å². The predicted molar refractivity (Wildman–Crippen MR) is 56.9 cm³/mol. The van der Waals surface area contributed by atoms with Crippen LogP contribution in [-0.2, 0) is 0 Å². The number of H-pyrrole nitrogens is 1. The quantitative estimate of drug-likeness (QED) is 0.786. The molecule has 0 bridgehead atoms. The molecule has 0 unspecified atom stereocenters. The van der Waals surface area contributed by atoms with Crippen molar-refractivity contribution in [2.75, 3.05) is 5.32 Å². The number of nitrogens with one attached hydrogen (secondary N) is 2. The Labute approximate surface area is 86.9 Å². The molecule has 4 nitrogen and oxygen atoms in total. The minimum absolute atomic E-state index is 0.499. The van der Waals surface area contributed by atoms with Crippen LogP contribution in [-0.4, -0.2) is 11.1 Å². The molecule has 0 spiro atoms. The molecule has 2 aromatic rings. The van der Waals surface area contributed by atoms with Gasteiger partial charge in [-0.3, -0.25) is 5.32 Å². The molecule has 1 amide bonds. The standard InChI is InChI=1S/C11H10N2O2/c14-11(13-9-6-7-12-8-9)15-10-4-2-1-3-5-10/h1-8,12H,(H,13,14). The van der Waals surface area contributed by atoms with E-state index in [0.29, 0.717) is 11.4 Å². The maximum absolute atomic E-state index is 11.3. The van der Waals surface area contributed by atoms with Gasteiger partial charge in [0.15, 0.2) is 0 Å². The summed E-state index contributed by atoms with van der Waals surface area (Å²) < 4.78 is 5.02. The first kappa shape index (κ1) is 9.33. The normalized spacial score (nSPS) is 9.60. The number of carbonyl (C=O) groups is 1. The Morgan fingerprint density at radius 1 is 1.20 bits per heavy atom. The summed E-state index contributed by atoms with van der Waals surface area (Å²) in [5, 5.41) is 2.58. The zero-order valence-electron chi connectivity index (χ0n) is 7.94. The van der Waals surface area contributed by atoms with Crippen LogP contribution in [0.2, 0.25) is 0 Å². The second-order valence-corrected chi connectivity index (χ2v) is 2.93. The van der Waals surface area contributed by atoms with Crippen LogP contribution in [0.25, 0.3) is 0 Å². The fourth-order valence-electron chi connectivity index (χ4n) is 1.14. The number of rotatable bonds is 2. The van der Waals surface area contributed by atoms with Crippen LogP contribution in [0.3, 0.4) is 0 Å². The lowest BCUT2D eigenvalue weighted by Crippen LogP contribution is -2.16. The van der Waals surface area contributed by atoms with Gasteiger partial charge in [-0.2, -0.15) is 0 Å². The molecule has 0 aliphatic carbocycles. The van der Waals surface area contributed by atoms with E-state index in [9.17, 15) is 4.79 Å². The molecule has 2 rings (SSSR count). The van der Waals surface area contributed by atoms with Crippen LogP contribution < -0.4 is 10.1 Å². The molecule has 0 aliphatic heterocycles. The molecule has 1 heterocycles. The lowest BCUT2D eigenvalue weighted by Gasteiger charge is -2.03. The summed E-state index contributed by atoms with van der Waals surface area (Å²) in [4.78, 5) is 14.2. The first-order valence-electron chi connectivity index (χ1n) is 4.51. The molecule has 0 aliphatic rings. The summed E-state index contributed by atoms with van der Waals surface area (Å²) in [6.45, 7) is 0. The molecule has 0 fully saturated rings. The number of benzene rings is 1. The number of carbonyl (C=O) groups excluding carboxylic acids is 1. The molecule has 0 saturated carbocycles. The van der Waals surface area contributed by atoms with Gasteiger partial charge in [0.05, 0.1) is 5.69 Å². The average Bonchev–Trinajstić information content (AvgIpc) is 2.71. The van der Waals surface area contributed by atoms with Crippen LogP contribution in [0.5, 0.6) is 5.75 Å². The fraction of sp³-hybridized carbons (Fsp3) is 0. The van der Waals surface area contributed by atoms with E-state index in [4.69, 9.17) is 4.74 Å². The lowest BCUT2D eigenvalue weighted by atomic mass is 10.3. The largest absolute Gasteiger partial charge is 0.417 e. The summed E-state index contributed by atoms with van der Waals surface area (Å²) in [5.41, 5.74) is 0.677. The van der Waals surface area contributed by atoms with Gasteiger partial charge in [-0.15, -0.1) is 0 Å². The summed E-state index contributed by atoms with van der Waals surface area (Å²) in [5.74, 6) is 0.519. The summed E-state index contributed by atoms with van der Waals surface area (Å²) >= 11 is 0. The van der Waals surface area contributed by atoms with Crippen molar-refractivity contribution in [2.45, 2.75) is 0 Å². The first-order chi connectivity index (χ1) is 7.34. The molecule has 0 atom stereocenters.